The highest BCUT2D eigenvalue weighted by atomic mass is 127. The number of hydrogen-bond donors (Lipinski definition) is 1. The Kier molecular flexibility index (Phi) is 4.35. The zero-order valence-corrected chi connectivity index (χ0v) is 15.1. The third-order valence-corrected chi connectivity index (χ3v) is 6.02. The van der Waals surface area contributed by atoms with Gasteiger partial charge in [0, 0.05) is 9.49 Å². The van der Waals surface area contributed by atoms with Gasteiger partial charge >= 0.3 is 0 Å². The Labute approximate surface area is 155 Å². The molecule has 0 saturated heterocycles. The van der Waals surface area contributed by atoms with Crippen LogP contribution in [0.1, 0.15) is 30.7 Å². The molecule has 118 valence electrons. The van der Waals surface area contributed by atoms with Crippen LogP contribution in [0.5, 0.6) is 0 Å². The highest BCUT2D eigenvalue weighted by molar-refractivity contribution is 14.1. The highest BCUT2D eigenvalue weighted by Crippen LogP contribution is 2.56. The molecule has 1 aromatic carbocycles. The van der Waals surface area contributed by atoms with Gasteiger partial charge in [-0.3, -0.25) is 0 Å². The standard InChI is InChI=1S/C19H15IN4/c20-16-8-4-3-7-14(16)17-13-6-2-1-5-12(13)15(9-21)18(24)19(17,10-22)11-23/h3-5,7-8,13,17H,1-2,6,24H2. The fourth-order valence-electron chi connectivity index (χ4n) is 3.94. The summed E-state index contributed by atoms with van der Waals surface area (Å²) in [7, 11) is 0. The zero-order chi connectivity index (χ0) is 17.3. The zero-order valence-electron chi connectivity index (χ0n) is 13.0. The van der Waals surface area contributed by atoms with Gasteiger partial charge in [0.05, 0.1) is 23.4 Å². The van der Waals surface area contributed by atoms with Crippen LogP contribution >= 0.6 is 22.6 Å². The summed E-state index contributed by atoms with van der Waals surface area (Å²) in [6.07, 6.45) is 4.79. The van der Waals surface area contributed by atoms with Gasteiger partial charge in [0.15, 0.2) is 5.41 Å². The first-order valence-electron chi connectivity index (χ1n) is 7.78. The van der Waals surface area contributed by atoms with Crippen molar-refractivity contribution in [1.82, 2.24) is 0 Å². The van der Waals surface area contributed by atoms with Crippen LogP contribution in [0, 0.1) is 48.9 Å². The first kappa shape index (κ1) is 16.6. The monoisotopic (exact) mass is 426 g/mol. The average Bonchev–Trinajstić information content (AvgIpc) is 2.62. The number of halogens is 1. The lowest BCUT2D eigenvalue weighted by molar-refractivity contribution is 0.316. The molecule has 0 amide bonds. The minimum absolute atomic E-state index is 0.0316. The fourth-order valence-corrected chi connectivity index (χ4v) is 4.67. The first-order chi connectivity index (χ1) is 11.6. The van der Waals surface area contributed by atoms with Gasteiger partial charge in [0.1, 0.15) is 6.07 Å². The minimum Gasteiger partial charge on any atom is -0.399 e. The van der Waals surface area contributed by atoms with E-state index in [1.807, 2.05) is 24.3 Å². The number of nitrogens with two attached hydrogens (primary N) is 1. The largest absolute Gasteiger partial charge is 0.399 e. The second-order valence-electron chi connectivity index (χ2n) is 6.13. The molecule has 2 aliphatic rings. The summed E-state index contributed by atoms with van der Waals surface area (Å²) in [5, 5.41) is 29.4. The second-order valence-corrected chi connectivity index (χ2v) is 7.29. The molecule has 0 heterocycles. The maximum Gasteiger partial charge on any atom is 0.191 e. The molecule has 3 rings (SSSR count). The highest BCUT2D eigenvalue weighted by Gasteiger charge is 2.54. The average molecular weight is 426 g/mol. The van der Waals surface area contributed by atoms with Crippen LogP contribution in [0.4, 0.5) is 0 Å². The van der Waals surface area contributed by atoms with Crippen molar-refractivity contribution in [1.29, 1.82) is 15.8 Å². The summed E-state index contributed by atoms with van der Waals surface area (Å²) in [6, 6.07) is 14.3. The van der Waals surface area contributed by atoms with E-state index in [0.717, 1.165) is 34.0 Å². The Bertz CT molecular complexity index is 862. The lowest BCUT2D eigenvalue weighted by Gasteiger charge is -2.43. The van der Waals surface area contributed by atoms with Gasteiger partial charge < -0.3 is 5.73 Å². The first-order valence-corrected chi connectivity index (χ1v) is 8.86. The van der Waals surface area contributed by atoms with Crippen LogP contribution in [0.2, 0.25) is 0 Å². The van der Waals surface area contributed by atoms with E-state index in [1.54, 1.807) is 0 Å². The number of nitriles is 3. The van der Waals surface area contributed by atoms with Crippen molar-refractivity contribution < 1.29 is 0 Å². The number of nitrogens with zero attached hydrogens (tertiary/aromatic N) is 3. The van der Waals surface area contributed by atoms with Gasteiger partial charge in [-0.05, 0) is 65.0 Å². The maximum atomic E-state index is 9.92. The summed E-state index contributed by atoms with van der Waals surface area (Å²) in [6.45, 7) is 0. The second kappa shape index (κ2) is 6.30. The van der Waals surface area contributed by atoms with Crippen LogP contribution in [-0.2, 0) is 0 Å². The van der Waals surface area contributed by atoms with E-state index < -0.39 is 5.41 Å². The number of rotatable bonds is 1. The lowest BCUT2D eigenvalue weighted by atomic mass is 9.57. The Morgan fingerprint density at radius 2 is 1.88 bits per heavy atom. The van der Waals surface area contributed by atoms with Gasteiger partial charge in [0.25, 0.3) is 0 Å². The summed E-state index contributed by atoms with van der Waals surface area (Å²) in [4.78, 5) is 0. The van der Waals surface area contributed by atoms with E-state index in [2.05, 4.69) is 46.9 Å². The molecular weight excluding hydrogens is 411 g/mol. The molecular formula is C19H15IN4. The summed E-state index contributed by atoms with van der Waals surface area (Å²) >= 11 is 2.24. The van der Waals surface area contributed by atoms with Crippen molar-refractivity contribution in [2.75, 3.05) is 0 Å². The Balaban J connectivity index is 2.37. The molecule has 1 aromatic rings. The summed E-state index contributed by atoms with van der Waals surface area (Å²) in [5.74, 6) is -0.389. The molecule has 2 aliphatic carbocycles. The van der Waals surface area contributed by atoms with Crippen molar-refractivity contribution >= 4 is 22.6 Å². The molecule has 5 heteroatoms. The lowest BCUT2D eigenvalue weighted by Crippen LogP contribution is -2.43. The van der Waals surface area contributed by atoms with Crippen molar-refractivity contribution in [2.45, 2.75) is 25.2 Å². The fraction of sp³-hybridized carbons (Fsp3) is 0.316. The number of hydrogen-bond acceptors (Lipinski definition) is 4. The Hall–Kier alpha value is -2.30. The van der Waals surface area contributed by atoms with E-state index >= 15 is 0 Å². The molecule has 0 spiro atoms. The molecule has 0 fully saturated rings. The SMILES string of the molecule is N#CC1=C(N)C(C#N)(C#N)C(c2ccccc2I)C2CCCC=C12. The van der Waals surface area contributed by atoms with Crippen molar-refractivity contribution in [3.63, 3.8) is 0 Å². The summed E-state index contributed by atoms with van der Waals surface area (Å²) in [5.41, 5.74) is 7.03. The molecule has 4 nitrogen and oxygen atoms in total. The normalized spacial score (nSPS) is 24.8. The molecule has 2 N–H and O–H groups in total. The maximum absolute atomic E-state index is 9.92. The molecule has 2 atom stereocenters. The molecule has 0 aliphatic heterocycles. The topological polar surface area (TPSA) is 97.4 Å². The molecule has 0 saturated carbocycles. The van der Waals surface area contributed by atoms with Crippen LogP contribution in [-0.4, -0.2) is 0 Å². The van der Waals surface area contributed by atoms with E-state index in [0.29, 0.717) is 5.57 Å². The van der Waals surface area contributed by atoms with E-state index in [-0.39, 0.29) is 17.5 Å². The van der Waals surface area contributed by atoms with Crippen molar-refractivity contribution in [3.05, 3.63) is 56.3 Å². The Morgan fingerprint density at radius 1 is 1.17 bits per heavy atom. The molecule has 0 bridgehead atoms. The third kappa shape index (κ3) is 2.22. The summed E-state index contributed by atoms with van der Waals surface area (Å²) < 4.78 is 1.01. The quantitative estimate of drug-likeness (QED) is 0.689. The molecule has 2 unspecified atom stereocenters. The predicted octanol–water partition coefficient (Wildman–Crippen LogP) is 3.88. The van der Waals surface area contributed by atoms with Crippen molar-refractivity contribution in [3.8, 4) is 18.2 Å². The van der Waals surface area contributed by atoms with Gasteiger partial charge in [-0.25, -0.2) is 0 Å². The van der Waals surface area contributed by atoms with Gasteiger partial charge in [-0.2, -0.15) is 15.8 Å². The van der Waals surface area contributed by atoms with E-state index in [9.17, 15) is 15.8 Å². The van der Waals surface area contributed by atoms with Crippen LogP contribution in [0.15, 0.2) is 47.2 Å². The Morgan fingerprint density at radius 3 is 2.50 bits per heavy atom. The number of benzene rings is 1. The van der Waals surface area contributed by atoms with Crippen LogP contribution < -0.4 is 5.73 Å². The van der Waals surface area contributed by atoms with E-state index in [1.165, 1.54) is 0 Å². The van der Waals surface area contributed by atoms with Gasteiger partial charge in [0.2, 0.25) is 0 Å². The van der Waals surface area contributed by atoms with Gasteiger partial charge in [-0.1, -0.05) is 24.3 Å². The smallest absolute Gasteiger partial charge is 0.191 e. The number of fused-ring (bicyclic) bond motifs is 1. The molecule has 0 radical (unpaired) electrons. The molecule has 24 heavy (non-hydrogen) atoms. The van der Waals surface area contributed by atoms with Crippen LogP contribution in [0.3, 0.4) is 0 Å². The molecule has 0 aromatic heterocycles. The van der Waals surface area contributed by atoms with Gasteiger partial charge in [-0.15, -0.1) is 0 Å². The van der Waals surface area contributed by atoms with Crippen molar-refractivity contribution in [2.24, 2.45) is 17.1 Å². The number of allylic oxidation sites excluding steroid dienone is 4. The minimum atomic E-state index is -1.51. The predicted molar refractivity (Wildman–Crippen MR) is 97.8 cm³/mol. The third-order valence-electron chi connectivity index (χ3n) is 5.04. The van der Waals surface area contributed by atoms with E-state index in [4.69, 9.17) is 5.73 Å². The van der Waals surface area contributed by atoms with Crippen LogP contribution in [0.25, 0.3) is 0 Å².